The molecule has 4 atom stereocenters. The van der Waals surface area contributed by atoms with E-state index in [4.69, 9.17) is 9.47 Å². The molecule has 1 saturated heterocycles. The smallest absolute Gasteiger partial charge is 0.257 e. The molecule has 156 valence electrons. The Labute approximate surface area is 172 Å². The van der Waals surface area contributed by atoms with Gasteiger partial charge in [-0.1, -0.05) is 12.1 Å². The molecule has 2 aromatic rings. The molecule has 1 aliphatic heterocycles. The second-order valence-corrected chi connectivity index (χ2v) is 8.35. The van der Waals surface area contributed by atoms with Crippen LogP contribution in [-0.4, -0.2) is 79.0 Å². The number of para-hydroxylation sites is 2. The number of likely N-dealkylation sites (N-methyl/N-ethyl adjacent to an activating group) is 1. The SMILES string of the molecule is COc1ccccc1-n1cc(C(=O)N2C[C@H]3C[C@@H](N(C)C)[C@H](OC)C[C@H]3C2)cn1. The summed E-state index contributed by atoms with van der Waals surface area (Å²) in [7, 11) is 7.66. The van der Waals surface area contributed by atoms with Crippen molar-refractivity contribution in [1.82, 2.24) is 19.6 Å². The van der Waals surface area contributed by atoms with Gasteiger partial charge in [0.25, 0.3) is 5.91 Å². The third kappa shape index (κ3) is 3.76. The molecule has 0 N–H and O–H groups in total. The van der Waals surface area contributed by atoms with Gasteiger partial charge in [-0.25, -0.2) is 4.68 Å². The van der Waals surface area contributed by atoms with Crippen molar-refractivity contribution in [3.05, 3.63) is 42.2 Å². The monoisotopic (exact) mass is 398 g/mol. The second-order valence-electron chi connectivity index (χ2n) is 8.35. The first-order valence-corrected chi connectivity index (χ1v) is 10.2. The fourth-order valence-corrected chi connectivity index (χ4v) is 4.92. The fourth-order valence-electron chi connectivity index (χ4n) is 4.92. The molecule has 2 fully saturated rings. The van der Waals surface area contributed by atoms with Gasteiger partial charge in [0.05, 0.1) is 25.0 Å². The fraction of sp³-hybridized carbons (Fsp3) is 0.545. The highest BCUT2D eigenvalue weighted by molar-refractivity contribution is 5.94. The van der Waals surface area contributed by atoms with E-state index in [2.05, 4.69) is 24.1 Å². The van der Waals surface area contributed by atoms with Crippen molar-refractivity contribution >= 4 is 5.91 Å². The maximum Gasteiger partial charge on any atom is 0.257 e. The molecule has 0 bridgehead atoms. The van der Waals surface area contributed by atoms with Crippen molar-refractivity contribution in [2.75, 3.05) is 41.4 Å². The number of hydrogen-bond donors (Lipinski definition) is 0. The number of carbonyl (C=O) groups excluding carboxylic acids is 1. The minimum atomic E-state index is 0.0518. The van der Waals surface area contributed by atoms with Gasteiger partial charge in [0.1, 0.15) is 11.4 Å². The van der Waals surface area contributed by atoms with Gasteiger partial charge in [0, 0.05) is 32.4 Å². The number of nitrogens with zero attached hydrogens (tertiary/aromatic N) is 4. The predicted octanol–water partition coefficient (Wildman–Crippen LogP) is 2.31. The lowest BCUT2D eigenvalue weighted by atomic mass is 9.77. The number of hydrogen-bond acceptors (Lipinski definition) is 5. The molecule has 7 nitrogen and oxygen atoms in total. The summed E-state index contributed by atoms with van der Waals surface area (Å²) < 4.78 is 12.9. The number of methoxy groups -OCH3 is 2. The number of carbonyl (C=O) groups is 1. The van der Waals surface area contributed by atoms with E-state index in [1.807, 2.05) is 29.2 Å². The topological polar surface area (TPSA) is 59.8 Å². The van der Waals surface area contributed by atoms with Crippen molar-refractivity contribution in [2.24, 2.45) is 11.8 Å². The van der Waals surface area contributed by atoms with Crippen molar-refractivity contribution < 1.29 is 14.3 Å². The van der Waals surface area contributed by atoms with E-state index in [1.54, 1.807) is 31.3 Å². The summed E-state index contributed by atoms with van der Waals surface area (Å²) in [5, 5.41) is 4.40. The van der Waals surface area contributed by atoms with Gasteiger partial charge in [0.15, 0.2) is 0 Å². The van der Waals surface area contributed by atoms with Crippen LogP contribution in [0.25, 0.3) is 5.69 Å². The molecular weight excluding hydrogens is 368 g/mol. The van der Waals surface area contributed by atoms with E-state index >= 15 is 0 Å². The summed E-state index contributed by atoms with van der Waals surface area (Å²) in [5.74, 6) is 1.81. The number of aromatic nitrogens is 2. The average Bonchev–Trinajstić information content (AvgIpc) is 3.39. The molecule has 0 unspecified atom stereocenters. The number of ether oxygens (including phenoxy) is 2. The van der Waals surface area contributed by atoms with Crippen LogP contribution in [0.5, 0.6) is 5.75 Å². The van der Waals surface area contributed by atoms with E-state index in [0.29, 0.717) is 23.4 Å². The standard InChI is InChI=1S/C22H30N4O3/c1-24(2)19-9-15-12-25(13-16(15)10-21(19)29-4)22(27)17-11-23-26(14-17)18-7-5-6-8-20(18)28-3/h5-8,11,14-16,19,21H,9-10,12-13H2,1-4H3/t15-,16+,19-,21-/m1/s1. The Hall–Kier alpha value is -2.38. The molecule has 1 amide bonds. The lowest BCUT2D eigenvalue weighted by molar-refractivity contribution is -0.0209. The van der Waals surface area contributed by atoms with E-state index in [-0.39, 0.29) is 12.0 Å². The Balaban J connectivity index is 1.48. The minimum Gasteiger partial charge on any atom is -0.494 e. The molecule has 1 saturated carbocycles. The molecule has 4 rings (SSSR count). The van der Waals surface area contributed by atoms with Crippen molar-refractivity contribution in [1.29, 1.82) is 0 Å². The summed E-state index contributed by atoms with van der Waals surface area (Å²) >= 11 is 0. The molecule has 29 heavy (non-hydrogen) atoms. The Morgan fingerprint density at radius 2 is 1.86 bits per heavy atom. The third-order valence-electron chi connectivity index (χ3n) is 6.50. The largest absolute Gasteiger partial charge is 0.494 e. The van der Waals surface area contributed by atoms with Crippen molar-refractivity contribution in [3.63, 3.8) is 0 Å². The lowest BCUT2D eigenvalue weighted by Gasteiger charge is -2.40. The van der Waals surface area contributed by atoms with Gasteiger partial charge in [-0.15, -0.1) is 0 Å². The predicted molar refractivity (Wildman–Crippen MR) is 111 cm³/mol. The van der Waals surface area contributed by atoms with Crippen LogP contribution in [0, 0.1) is 11.8 Å². The highest BCUT2D eigenvalue weighted by Crippen LogP contribution is 2.39. The first-order valence-electron chi connectivity index (χ1n) is 10.2. The molecular formula is C22H30N4O3. The van der Waals surface area contributed by atoms with Crippen LogP contribution < -0.4 is 4.74 Å². The van der Waals surface area contributed by atoms with Crippen molar-refractivity contribution in [2.45, 2.75) is 25.0 Å². The van der Waals surface area contributed by atoms with Crippen LogP contribution in [0.15, 0.2) is 36.7 Å². The van der Waals surface area contributed by atoms with E-state index in [1.165, 1.54) is 0 Å². The lowest BCUT2D eigenvalue weighted by Crippen LogP contribution is -2.47. The Bertz CT molecular complexity index is 865. The molecule has 2 heterocycles. The van der Waals surface area contributed by atoms with E-state index in [0.717, 1.165) is 37.4 Å². The molecule has 7 heteroatoms. The van der Waals surface area contributed by atoms with Gasteiger partial charge in [-0.3, -0.25) is 4.79 Å². The van der Waals surface area contributed by atoms with Crippen LogP contribution in [0.1, 0.15) is 23.2 Å². The van der Waals surface area contributed by atoms with Crippen LogP contribution in [0.2, 0.25) is 0 Å². The normalized spacial score (nSPS) is 26.6. The van der Waals surface area contributed by atoms with Gasteiger partial charge in [0.2, 0.25) is 0 Å². The van der Waals surface area contributed by atoms with Crippen LogP contribution >= 0.6 is 0 Å². The number of rotatable bonds is 5. The molecule has 0 spiro atoms. The van der Waals surface area contributed by atoms with Gasteiger partial charge < -0.3 is 19.3 Å². The Kier molecular flexibility index (Phi) is 5.61. The van der Waals surface area contributed by atoms with E-state index < -0.39 is 0 Å². The first-order chi connectivity index (χ1) is 14.0. The minimum absolute atomic E-state index is 0.0518. The van der Waals surface area contributed by atoms with Gasteiger partial charge in [-0.05, 0) is 50.9 Å². The summed E-state index contributed by atoms with van der Waals surface area (Å²) in [4.78, 5) is 17.4. The van der Waals surface area contributed by atoms with Gasteiger partial charge in [-0.2, -0.15) is 5.10 Å². The highest BCUT2D eigenvalue weighted by Gasteiger charge is 2.44. The maximum atomic E-state index is 13.2. The second kappa shape index (κ2) is 8.16. The summed E-state index contributed by atoms with van der Waals surface area (Å²) in [6.45, 7) is 1.60. The number of amides is 1. The highest BCUT2D eigenvalue weighted by atomic mass is 16.5. The van der Waals surface area contributed by atoms with Crippen LogP contribution in [0.4, 0.5) is 0 Å². The third-order valence-corrected chi connectivity index (χ3v) is 6.50. The summed E-state index contributed by atoms with van der Waals surface area (Å²) in [6, 6.07) is 8.07. The molecule has 1 aromatic heterocycles. The Morgan fingerprint density at radius 1 is 1.14 bits per heavy atom. The average molecular weight is 399 g/mol. The molecule has 2 aliphatic rings. The zero-order valence-corrected chi connectivity index (χ0v) is 17.6. The maximum absolute atomic E-state index is 13.2. The summed E-state index contributed by atoms with van der Waals surface area (Å²) in [5.41, 5.74) is 1.43. The number of benzene rings is 1. The summed E-state index contributed by atoms with van der Waals surface area (Å²) in [6.07, 6.45) is 5.75. The molecule has 1 aliphatic carbocycles. The van der Waals surface area contributed by atoms with E-state index in [9.17, 15) is 4.79 Å². The zero-order valence-electron chi connectivity index (χ0n) is 17.6. The zero-order chi connectivity index (χ0) is 20.5. The number of fused-ring (bicyclic) bond motifs is 1. The Morgan fingerprint density at radius 3 is 2.55 bits per heavy atom. The first kappa shape index (κ1) is 19.9. The van der Waals surface area contributed by atoms with Crippen LogP contribution in [0.3, 0.4) is 0 Å². The molecule has 1 aromatic carbocycles. The quantitative estimate of drug-likeness (QED) is 0.774. The number of likely N-dealkylation sites (tertiary alicyclic amines) is 1. The van der Waals surface area contributed by atoms with Crippen molar-refractivity contribution in [3.8, 4) is 11.4 Å². The van der Waals surface area contributed by atoms with Gasteiger partial charge >= 0.3 is 0 Å². The van der Waals surface area contributed by atoms with Crippen LogP contribution in [-0.2, 0) is 4.74 Å². The molecule has 0 radical (unpaired) electrons.